The van der Waals surface area contributed by atoms with Gasteiger partial charge in [-0.25, -0.2) is 4.99 Å². The predicted octanol–water partition coefficient (Wildman–Crippen LogP) is 6.86. The van der Waals surface area contributed by atoms with Crippen molar-refractivity contribution in [2.75, 3.05) is 25.2 Å². The third-order valence-electron chi connectivity index (χ3n) is 8.34. The van der Waals surface area contributed by atoms with Crippen LogP contribution in [0, 0.1) is 0 Å². The fraction of sp³-hybridized carbons (Fsp3) is 0.222. The Bertz CT molecular complexity index is 1980. The maximum Gasteiger partial charge on any atom is 0.260 e. The smallest absolute Gasteiger partial charge is 0.260 e. The number of aliphatic imine (C=N–C) groups is 1. The number of benzene rings is 4. The highest BCUT2D eigenvalue weighted by Crippen LogP contribution is 2.49. The van der Waals surface area contributed by atoms with E-state index in [1.807, 2.05) is 60.7 Å². The number of fused-ring (bicyclic) bond motifs is 1. The van der Waals surface area contributed by atoms with Crippen molar-refractivity contribution in [3.8, 4) is 23.0 Å². The molecule has 0 saturated heterocycles. The summed E-state index contributed by atoms with van der Waals surface area (Å²) in [5.41, 5.74) is 2.16. The third kappa shape index (κ3) is 5.98. The number of para-hydroxylation sites is 1. The lowest BCUT2D eigenvalue weighted by molar-refractivity contribution is -0.127. The second-order valence-electron chi connectivity index (χ2n) is 11.4. The van der Waals surface area contributed by atoms with Crippen LogP contribution in [0.2, 0.25) is 10.0 Å². The van der Waals surface area contributed by atoms with Gasteiger partial charge >= 0.3 is 0 Å². The summed E-state index contributed by atoms with van der Waals surface area (Å²) in [6.45, 7) is 0.465. The van der Waals surface area contributed by atoms with Crippen LogP contribution in [0.3, 0.4) is 0 Å². The molecule has 1 amide bonds. The minimum absolute atomic E-state index is 0.0308. The first-order valence-electron chi connectivity index (χ1n) is 15.3. The Labute approximate surface area is 286 Å². The van der Waals surface area contributed by atoms with Gasteiger partial charge in [-0.15, -0.1) is 0 Å². The summed E-state index contributed by atoms with van der Waals surface area (Å²) in [6, 6.07) is 27.3. The second-order valence-corrected chi connectivity index (χ2v) is 12.2. The van der Waals surface area contributed by atoms with Gasteiger partial charge in [-0.2, -0.15) is 4.98 Å². The molecule has 2 aliphatic heterocycles. The number of hydrogen-bond acceptors (Lipinski definition) is 9. The van der Waals surface area contributed by atoms with Crippen LogP contribution in [0.25, 0.3) is 11.5 Å². The number of rotatable bonds is 10. The Hall–Kier alpha value is -4.90. The number of amides is 1. The zero-order valence-corrected chi connectivity index (χ0v) is 27.3. The van der Waals surface area contributed by atoms with E-state index in [1.54, 1.807) is 42.3 Å². The number of ether oxygens (including phenoxy) is 3. The van der Waals surface area contributed by atoms with Gasteiger partial charge in [0.1, 0.15) is 11.5 Å². The molecule has 0 fully saturated rings. The molecule has 0 saturated carbocycles. The van der Waals surface area contributed by atoms with Crippen LogP contribution in [0.1, 0.15) is 35.0 Å². The third-order valence-corrected chi connectivity index (χ3v) is 8.91. The van der Waals surface area contributed by atoms with E-state index in [4.69, 9.17) is 52.0 Å². The summed E-state index contributed by atoms with van der Waals surface area (Å²) >= 11 is 13.0. The molecule has 5 aromatic rings. The molecule has 0 radical (unpaired) electrons. The molecular formula is C36H30Cl2N4O6. The molecule has 7 rings (SSSR count). The standard InChI is InChI=1S/C36H30Cl2N4O6/c1-45-26-12-7-22(8-13-26)33-39-31(41-48-33)21-42-30-6-3-2-5-24(30)20-36(35(42)44)32(28-16-11-25(37)19-29(28)38)47-34(40-36)23-9-14-27(15-10-23)46-18-4-17-43/h2-3,5-16,19,32,43H,4,17-18,20-21H2,1H3/t32-,36-/m1/s1. The molecule has 12 heteroatoms. The Kier molecular flexibility index (Phi) is 8.79. The van der Waals surface area contributed by atoms with Crippen LogP contribution in [0.4, 0.5) is 5.69 Å². The van der Waals surface area contributed by atoms with Crippen molar-refractivity contribution < 1.29 is 28.6 Å². The van der Waals surface area contributed by atoms with Gasteiger partial charge in [-0.3, -0.25) is 4.79 Å². The molecule has 0 aliphatic carbocycles. The molecular weight excluding hydrogens is 655 g/mol. The van der Waals surface area contributed by atoms with Crippen molar-refractivity contribution >= 4 is 40.7 Å². The van der Waals surface area contributed by atoms with E-state index in [-0.39, 0.29) is 25.5 Å². The van der Waals surface area contributed by atoms with E-state index in [0.717, 1.165) is 16.8 Å². The lowest BCUT2D eigenvalue weighted by atomic mass is 9.78. The van der Waals surface area contributed by atoms with Crippen molar-refractivity contribution in [2.24, 2.45) is 4.99 Å². The van der Waals surface area contributed by atoms with Gasteiger partial charge in [-0.05, 0) is 72.3 Å². The highest BCUT2D eigenvalue weighted by atomic mass is 35.5. The van der Waals surface area contributed by atoms with Gasteiger partial charge in [0, 0.05) is 51.9 Å². The molecule has 1 N–H and O–H groups in total. The summed E-state index contributed by atoms with van der Waals surface area (Å²) in [7, 11) is 1.60. The largest absolute Gasteiger partial charge is 0.497 e. The van der Waals surface area contributed by atoms with Crippen molar-refractivity contribution in [3.63, 3.8) is 0 Å². The number of anilines is 1. The van der Waals surface area contributed by atoms with Crippen LogP contribution in [-0.2, 0) is 22.5 Å². The van der Waals surface area contributed by atoms with E-state index in [0.29, 0.717) is 63.3 Å². The molecule has 244 valence electrons. The van der Waals surface area contributed by atoms with Gasteiger partial charge in [0.25, 0.3) is 11.8 Å². The monoisotopic (exact) mass is 684 g/mol. The summed E-state index contributed by atoms with van der Waals surface area (Å²) in [6.07, 6.45) is -0.0885. The maximum atomic E-state index is 14.9. The van der Waals surface area contributed by atoms with Crippen molar-refractivity contribution in [2.45, 2.75) is 31.0 Å². The van der Waals surface area contributed by atoms with Gasteiger partial charge in [0.05, 0.1) is 20.3 Å². The number of methoxy groups -OCH3 is 1. The first-order valence-corrected chi connectivity index (χ1v) is 16.1. The number of carbonyl (C=O) groups is 1. The Morgan fingerprint density at radius 2 is 1.73 bits per heavy atom. The Morgan fingerprint density at radius 3 is 2.48 bits per heavy atom. The number of aliphatic hydroxyl groups excluding tert-OH is 1. The minimum atomic E-state index is -1.42. The van der Waals surface area contributed by atoms with E-state index >= 15 is 0 Å². The molecule has 2 aliphatic rings. The number of halogens is 2. The number of carbonyl (C=O) groups excluding carboxylic acids is 1. The van der Waals surface area contributed by atoms with Gasteiger partial charge < -0.3 is 28.7 Å². The summed E-state index contributed by atoms with van der Waals surface area (Å²) in [5, 5.41) is 14.1. The Balaban J connectivity index is 1.28. The normalized spacial score (nSPS) is 18.4. The molecule has 1 spiro atoms. The summed E-state index contributed by atoms with van der Waals surface area (Å²) < 4.78 is 23.1. The average molecular weight is 686 g/mol. The van der Waals surface area contributed by atoms with E-state index in [9.17, 15) is 4.79 Å². The maximum absolute atomic E-state index is 14.9. The van der Waals surface area contributed by atoms with E-state index in [2.05, 4.69) is 10.1 Å². The molecule has 0 bridgehead atoms. The van der Waals surface area contributed by atoms with Crippen LogP contribution >= 0.6 is 23.2 Å². The zero-order chi connectivity index (χ0) is 33.3. The molecule has 2 atom stereocenters. The SMILES string of the molecule is COc1ccc(-c2nc(CN3C(=O)[C@]4(Cc5ccccc53)N=C(c3ccc(OCCCO)cc3)O[C@@H]4c3ccc(Cl)cc3Cl)no2)cc1. The number of aromatic nitrogens is 2. The number of aliphatic hydroxyl groups is 1. The van der Waals surface area contributed by atoms with Crippen LogP contribution < -0.4 is 14.4 Å². The van der Waals surface area contributed by atoms with Crippen LogP contribution in [-0.4, -0.2) is 52.9 Å². The van der Waals surface area contributed by atoms with Gasteiger partial charge in [-0.1, -0.05) is 52.6 Å². The first kappa shape index (κ1) is 31.7. The molecule has 3 heterocycles. The highest BCUT2D eigenvalue weighted by molar-refractivity contribution is 6.35. The summed E-state index contributed by atoms with van der Waals surface area (Å²) in [5.74, 6) is 1.98. The lowest BCUT2D eigenvalue weighted by Gasteiger charge is -2.40. The first-order chi connectivity index (χ1) is 23.4. The molecule has 10 nitrogen and oxygen atoms in total. The van der Waals surface area contributed by atoms with Crippen molar-refractivity contribution in [1.82, 2.24) is 10.1 Å². The fourth-order valence-corrected chi connectivity index (χ4v) is 6.49. The summed E-state index contributed by atoms with van der Waals surface area (Å²) in [4.78, 5) is 26.3. The van der Waals surface area contributed by atoms with Gasteiger partial charge in [0.2, 0.25) is 5.90 Å². The molecule has 0 unspecified atom stereocenters. The lowest BCUT2D eigenvalue weighted by Crippen LogP contribution is -2.55. The van der Waals surface area contributed by atoms with E-state index < -0.39 is 11.6 Å². The average Bonchev–Trinajstić information content (AvgIpc) is 3.73. The molecule has 4 aromatic carbocycles. The van der Waals surface area contributed by atoms with E-state index in [1.165, 1.54) is 0 Å². The number of hydrogen-bond donors (Lipinski definition) is 1. The molecule has 1 aromatic heterocycles. The van der Waals surface area contributed by atoms with Gasteiger partial charge in [0.15, 0.2) is 17.5 Å². The van der Waals surface area contributed by atoms with Crippen LogP contribution in [0.5, 0.6) is 11.5 Å². The van der Waals surface area contributed by atoms with Crippen molar-refractivity contribution in [3.05, 3.63) is 124 Å². The van der Waals surface area contributed by atoms with Crippen LogP contribution in [0.15, 0.2) is 101 Å². The molecule has 48 heavy (non-hydrogen) atoms. The zero-order valence-electron chi connectivity index (χ0n) is 25.8. The highest BCUT2D eigenvalue weighted by Gasteiger charge is 2.58. The fourth-order valence-electron chi connectivity index (χ4n) is 5.98. The topological polar surface area (TPSA) is 120 Å². The predicted molar refractivity (Wildman–Crippen MR) is 181 cm³/mol. The number of nitrogens with zero attached hydrogens (tertiary/aromatic N) is 4. The quantitative estimate of drug-likeness (QED) is 0.159. The second kappa shape index (κ2) is 13.3. The Morgan fingerprint density at radius 1 is 0.979 bits per heavy atom. The minimum Gasteiger partial charge on any atom is -0.497 e. The van der Waals surface area contributed by atoms with Crippen molar-refractivity contribution in [1.29, 1.82) is 0 Å².